The molecule has 4 rings (SSSR count). The molecular weight excluding hydrogens is 346 g/mol. The Kier molecular flexibility index (Phi) is 5.67. The van der Waals surface area contributed by atoms with Gasteiger partial charge in [-0.3, -0.25) is 4.79 Å². The molecule has 2 atom stereocenters. The summed E-state index contributed by atoms with van der Waals surface area (Å²) in [5.74, 6) is 0.692. The van der Waals surface area contributed by atoms with Crippen LogP contribution in [0.15, 0.2) is 48.5 Å². The summed E-state index contributed by atoms with van der Waals surface area (Å²) < 4.78 is 0. The predicted octanol–water partition coefficient (Wildman–Crippen LogP) is 3.35. The first-order valence-corrected chi connectivity index (χ1v) is 10.5. The van der Waals surface area contributed by atoms with Crippen molar-refractivity contribution < 1.29 is 4.79 Å². The fraction of sp³-hybridized carbons (Fsp3) is 0.458. The van der Waals surface area contributed by atoms with Crippen molar-refractivity contribution in [3.63, 3.8) is 0 Å². The fourth-order valence-corrected chi connectivity index (χ4v) is 4.68. The number of amides is 1. The van der Waals surface area contributed by atoms with Gasteiger partial charge in [-0.1, -0.05) is 42.5 Å². The lowest BCUT2D eigenvalue weighted by atomic mass is 9.80. The molecule has 1 amide bonds. The summed E-state index contributed by atoms with van der Waals surface area (Å²) in [6.07, 6.45) is 1.03. The van der Waals surface area contributed by atoms with Crippen LogP contribution in [0.1, 0.15) is 29.0 Å². The third-order valence-electron chi connectivity index (χ3n) is 6.32. The van der Waals surface area contributed by atoms with Crippen LogP contribution in [0.4, 0.5) is 5.69 Å². The van der Waals surface area contributed by atoms with Gasteiger partial charge in [-0.15, -0.1) is 0 Å². The van der Waals surface area contributed by atoms with Crippen LogP contribution >= 0.6 is 0 Å². The topological polar surface area (TPSA) is 35.6 Å². The molecular formula is C24H31N3O. The fourth-order valence-electron chi connectivity index (χ4n) is 4.68. The predicted molar refractivity (Wildman–Crippen MR) is 115 cm³/mol. The van der Waals surface area contributed by atoms with E-state index in [1.54, 1.807) is 0 Å². The van der Waals surface area contributed by atoms with E-state index in [4.69, 9.17) is 0 Å². The average molecular weight is 378 g/mol. The smallest absolute Gasteiger partial charge is 0.227 e. The maximum absolute atomic E-state index is 13.4. The van der Waals surface area contributed by atoms with Crippen molar-refractivity contribution in [2.45, 2.75) is 26.2 Å². The molecule has 28 heavy (non-hydrogen) atoms. The zero-order valence-electron chi connectivity index (χ0n) is 17.0. The van der Waals surface area contributed by atoms with Gasteiger partial charge in [0.05, 0.1) is 5.92 Å². The highest BCUT2D eigenvalue weighted by atomic mass is 16.2. The molecule has 0 bridgehead atoms. The maximum Gasteiger partial charge on any atom is 0.227 e. The molecule has 0 saturated carbocycles. The van der Waals surface area contributed by atoms with Gasteiger partial charge in [-0.05, 0) is 55.5 Å². The summed E-state index contributed by atoms with van der Waals surface area (Å²) in [7, 11) is 0. The molecule has 0 spiro atoms. The van der Waals surface area contributed by atoms with Gasteiger partial charge >= 0.3 is 0 Å². The van der Waals surface area contributed by atoms with Gasteiger partial charge in [-0.25, -0.2) is 0 Å². The molecule has 2 heterocycles. The van der Waals surface area contributed by atoms with Crippen molar-refractivity contribution in [1.29, 1.82) is 0 Å². The van der Waals surface area contributed by atoms with Gasteiger partial charge < -0.3 is 15.1 Å². The zero-order valence-corrected chi connectivity index (χ0v) is 17.0. The highest BCUT2D eigenvalue weighted by Crippen LogP contribution is 2.32. The van der Waals surface area contributed by atoms with Gasteiger partial charge in [-0.2, -0.15) is 0 Å². The number of piperidine rings is 1. The lowest BCUT2D eigenvalue weighted by Gasteiger charge is -2.40. The number of nitrogens with one attached hydrogen (secondary N) is 1. The summed E-state index contributed by atoms with van der Waals surface area (Å²) in [4.78, 5) is 17.9. The number of carbonyl (C=O) groups excluding carboxylic acids is 1. The number of benzene rings is 2. The third kappa shape index (κ3) is 3.93. The monoisotopic (exact) mass is 377 g/mol. The number of piperazine rings is 1. The van der Waals surface area contributed by atoms with Gasteiger partial charge in [0.2, 0.25) is 5.91 Å². The molecule has 2 fully saturated rings. The molecule has 4 nitrogen and oxygen atoms in total. The van der Waals surface area contributed by atoms with Crippen LogP contribution in [0, 0.1) is 19.8 Å². The van der Waals surface area contributed by atoms with E-state index in [1.807, 2.05) is 6.07 Å². The molecule has 2 aromatic carbocycles. The normalized spacial score (nSPS) is 22.9. The van der Waals surface area contributed by atoms with Crippen molar-refractivity contribution >= 4 is 11.6 Å². The van der Waals surface area contributed by atoms with Crippen LogP contribution in [0.25, 0.3) is 0 Å². The van der Waals surface area contributed by atoms with Crippen LogP contribution in [-0.2, 0) is 4.79 Å². The van der Waals surface area contributed by atoms with Crippen molar-refractivity contribution in [2.24, 2.45) is 5.92 Å². The first-order chi connectivity index (χ1) is 13.6. The van der Waals surface area contributed by atoms with E-state index < -0.39 is 0 Å². The van der Waals surface area contributed by atoms with Crippen LogP contribution in [0.5, 0.6) is 0 Å². The Morgan fingerprint density at radius 3 is 2.50 bits per heavy atom. The third-order valence-corrected chi connectivity index (χ3v) is 6.32. The van der Waals surface area contributed by atoms with E-state index in [0.29, 0.717) is 11.8 Å². The second-order valence-electron chi connectivity index (χ2n) is 8.22. The van der Waals surface area contributed by atoms with Crippen LogP contribution in [0.2, 0.25) is 0 Å². The minimum atomic E-state index is 0.0448. The number of aryl methyl sites for hydroxylation is 2. The van der Waals surface area contributed by atoms with E-state index in [1.165, 1.54) is 22.4 Å². The van der Waals surface area contributed by atoms with Crippen molar-refractivity contribution in [3.8, 4) is 0 Å². The number of rotatable bonds is 3. The Labute approximate surface area is 168 Å². The second kappa shape index (κ2) is 8.36. The molecule has 2 aromatic rings. The molecule has 2 aliphatic rings. The van der Waals surface area contributed by atoms with Crippen molar-refractivity contribution in [2.75, 3.05) is 44.2 Å². The Morgan fingerprint density at radius 2 is 1.75 bits per heavy atom. The standard InChI is InChI=1S/C24H31N3O/c1-18-8-9-19(2)23(16-18)26-12-14-27(15-13-26)24(28)22-17-25-11-10-21(22)20-6-4-3-5-7-20/h3-9,16,21-22,25H,10-15,17H2,1-2H3/t21-,22-/m1/s1. The Balaban J connectivity index is 1.43. The number of hydrogen-bond acceptors (Lipinski definition) is 3. The highest BCUT2D eigenvalue weighted by molar-refractivity contribution is 5.80. The van der Waals surface area contributed by atoms with Crippen molar-refractivity contribution in [3.05, 3.63) is 65.2 Å². The number of nitrogens with zero attached hydrogens (tertiary/aromatic N) is 2. The van der Waals surface area contributed by atoms with E-state index in [2.05, 4.69) is 71.4 Å². The van der Waals surface area contributed by atoms with E-state index >= 15 is 0 Å². The first kappa shape index (κ1) is 19.0. The highest BCUT2D eigenvalue weighted by Gasteiger charge is 2.35. The zero-order chi connectivity index (χ0) is 19.5. The molecule has 0 unspecified atom stereocenters. The molecule has 0 aliphatic carbocycles. The lowest BCUT2D eigenvalue weighted by molar-refractivity contribution is -0.137. The molecule has 148 valence electrons. The first-order valence-electron chi connectivity index (χ1n) is 10.5. The van der Waals surface area contributed by atoms with E-state index in [-0.39, 0.29) is 5.92 Å². The quantitative estimate of drug-likeness (QED) is 0.891. The SMILES string of the molecule is Cc1ccc(C)c(N2CCN(C(=O)[C@@H]3CNCC[C@@H]3c3ccccc3)CC2)c1. The number of hydrogen-bond donors (Lipinski definition) is 1. The Morgan fingerprint density at radius 1 is 1.00 bits per heavy atom. The van der Waals surface area contributed by atoms with Crippen molar-refractivity contribution in [1.82, 2.24) is 10.2 Å². The van der Waals surface area contributed by atoms with Gasteiger partial charge in [0.1, 0.15) is 0 Å². The Bertz CT molecular complexity index is 812. The summed E-state index contributed by atoms with van der Waals surface area (Å²) in [6, 6.07) is 17.2. The summed E-state index contributed by atoms with van der Waals surface area (Å²) >= 11 is 0. The molecule has 2 saturated heterocycles. The number of carbonyl (C=O) groups is 1. The van der Waals surface area contributed by atoms with Gasteiger partial charge in [0.15, 0.2) is 0 Å². The van der Waals surface area contributed by atoms with Gasteiger partial charge in [0, 0.05) is 38.4 Å². The van der Waals surface area contributed by atoms with E-state index in [0.717, 1.165) is 45.7 Å². The second-order valence-corrected chi connectivity index (χ2v) is 8.22. The Hall–Kier alpha value is -2.33. The minimum absolute atomic E-state index is 0.0448. The average Bonchev–Trinajstić information content (AvgIpc) is 2.76. The van der Waals surface area contributed by atoms with Crippen LogP contribution < -0.4 is 10.2 Å². The summed E-state index contributed by atoms with van der Waals surface area (Å²) in [5, 5.41) is 3.44. The lowest BCUT2D eigenvalue weighted by Crippen LogP contribution is -2.53. The summed E-state index contributed by atoms with van der Waals surface area (Å²) in [6.45, 7) is 9.53. The molecule has 4 heteroatoms. The summed E-state index contributed by atoms with van der Waals surface area (Å²) in [5.41, 5.74) is 5.22. The number of anilines is 1. The van der Waals surface area contributed by atoms with Crippen LogP contribution in [-0.4, -0.2) is 50.1 Å². The maximum atomic E-state index is 13.4. The van der Waals surface area contributed by atoms with E-state index in [9.17, 15) is 4.79 Å². The van der Waals surface area contributed by atoms with Crippen LogP contribution in [0.3, 0.4) is 0 Å². The largest absolute Gasteiger partial charge is 0.368 e. The van der Waals surface area contributed by atoms with Gasteiger partial charge in [0.25, 0.3) is 0 Å². The molecule has 2 aliphatic heterocycles. The molecule has 1 N–H and O–H groups in total. The minimum Gasteiger partial charge on any atom is -0.368 e. The molecule has 0 aromatic heterocycles. The molecule has 0 radical (unpaired) electrons.